The zero-order valence-electron chi connectivity index (χ0n) is 10.3. The van der Waals surface area contributed by atoms with Crippen molar-refractivity contribution in [2.24, 2.45) is 5.92 Å². The Morgan fingerprint density at radius 2 is 2.12 bits per heavy atom. The summed E-state index contributed by atoms with van der Waals surface area (Å²) in [7, 11) is 0. The zero-order valence-corrected chi connectivity index (χ0v) is 10.3. The highest BCUT2D eigenvalue weighted by Gasteiger charge is 2.13. The van der Waals surface area contributed by atoms with E-state index in [4.69, 9.17) is 10.5 Å². The van der Waals surface area contributed by atoms with Gasteiger partial charge in [-0.2, -0.15) is 9.97 Å². The maximum Gasteiger partial charge on any atom is 0.245 e. The van der Waals surface area contributed by atoms with Crippen LogP contribution in [-0.4, -0.2) is 26.0 Å². The number of fused-ring (bicyclic) bond motifs is 1. The average molecular weight is 235 g/mol. The number of aromatic nitrogens is 4. The van der Waals surface area contributed by atoms with Crippen LogP contribution in [0.3, 0.4) is 0 Å². The number of nitrogens with one attached hydrogen (secondary N) is 1. The van der Waals surface area contributed by atoms with Gasteiger partial charge in [-0.25, -0.2) is 4.98 Å². The van der Waals surface area contributed by atoms with Crippen molar-refractivity contribution in [2.45, 2.75) is 33.3 Å². The molecule has 0 bridgehead atoms. The number of hydrogen-bond acceptors (Lipinski definition) is 5. The molecule has 0 spiro atoms. The van der Waals surface area contributed by atoms with Gasteiger partial charge in [-0.1, -0.05) is 13.8 Å². The van der Waals surface area contributed by atoms with Gasteiger partial charge in [-0.15, -0.1) is 0 Å². The van der Waals surface area contributed by atoms with Crippen molar-refractivity contribution in [3.63, 3.8) is 0 Å². The maximum absolute atomic E-state index is 5.78. The molecule has 2 aromatic heterocycles. The van der Waals surface area contributed by atoms with Crippen molar-refractivity contribution in [1.29, 1.82) is 0 Å². The van der Waals surface area contributed by atoms with E-state index in [1.807, 2.05) is 6.92 Å². The molecule has 0 saturated carbocycles. The van der Waals surface area contributed by atoms with E-state index in [0.717, 1.165) is 6.42 Å². The molecule has 2 heterocycles. The molecule has 0 aliphatic heterocycles. The zero-order chi connectivity index (χ0) is 12.4. The first-order valence-corrected chi connectivity index (χ1v) is 5.69. The van der Waals surface area contributed by atoms with Crippen molar-refractivity contribution in [2.75, 3.05) is 5.73 Å². The van der Waals surface area contributed by atoms with Crippen molar-refractivity contribution in [3.05, 3.63) is 6.33 Å². The number of rotatable bonds is 4. The molecule has 1 unspecified atom stereocenters. The highest BCUT2D eigenvalue weighted by atomic mass is 16.5. The SMILES string of the molecule is CC(C)CC(C)Oc1nc(N)nc2nc[nH]c12. The second-order valence-electron chi connectivity index (χ2n) is 4.55. The smallest absolute Gasteiger partial charge is 0.245 e. The number of nitrogens with two attached hydrogens (primary N) is 1. The second-order valence-corrected chi connectivity index (χ2v) is 4.55. The van der Waals surface area contributed by atoms with E-state index in [9.17, 15) is 0 Å². The van der Waals surface area contributed by atoms with Crippen LogP contribution in [-0.2, 0) is 0 Å². The van der Waals surface area contributed by atoms with Crippen LogP contribution >= 0.6 is 0 Å². The Labute approximate surface area is 99.6 Å². The Balaban J connectivity index is 2.25. The monoisotopic (exact) mass is 235 g/mol. The summed E-state index contributed by atoms with van der Waals surface area (Å²) in [4.78, 5) is 15.1. The van der Waals surface area contributed by atoms with E-state index in [2.05, 4.69) is 33.8 Å². The number of imidazole rings is 1. The first kappa shape index (κ1) is 11.6. The van der Waals surface area contributed by atoms with Gasteiger partial charge in [0.05, 0.1) is 12.4 Å². The van der Waals surface area contributed by atoms with Crippen LogP contribution < -0.4 is 10.5 Å². The summed E-state index contributed by atoms with van der Waals surface area (Å²) in [5.41, 5.74) is 6.83. The minimum atomic E-state index is 0.0794. The van der Waals surface area contributed by atoms with Crippen molar-refractivity contribution in [3.8, 4) is 5.88 Å². The molecule has 6 heteroatoms. The quantitative estimate of drug-likeness (QED) is 0.842. The summed E-state index contributed by atoms with van der Waals surface area (Å²) >= 11 is 0. The number of ether oxygens (including phenoxy) is 1. The molecule has 1 atom stereocenters. The lowest BCUT2D eigenvalue weighted by Crippen LogP contribution is -2.16. The van der Waals surface area contributed by atoms with Crippen LogP contribution in [0.4, 0.5) is 5.95 Å². The topological polar surface area (TPSA) is 89.7 Å². The molecule has 3 N–H and O–H groups in total. The average Bonchev–Trinajstić information content (AvgIpc) is 2.63. The fourth-order valence-corrected chi connectivity index (χ4v) is 1.81. The van der Waals surface area contributed by atoms with Crippen LogP contribution in [0.2, 0.25) is 0 Å². The molecule has 0 radical (unpaired) electrons. The number of hydrogen-bond donors (Lipinski definition) is 2. The van der Waals surface area contributed by atoms with Gasteiger partial charge in [0.2, 0.25) is 11.8 Å². The molecule has 0 aliphatic carbocycles. The third kappa shape index (κ3) is 2.64. The molecule has 0 amide bonds. The third-order valence-electron chi connectivity index (χ3n) is 2.39. The predicted octanol–water partition coefficient (Wildman–Crippen LogP) is 1.75. The number of aromatic amines is 1. The first-order chi connectivity index (χ1) is 8.06. The van der Waals surface area contributed by atoms with Crippen LogP contribution in [0.5, 0.6) is 5.88 Å². The molecule has 17 heavy (non-hydrogen) atoms. The van der Waals surface area contributed by atoms with Gasteiger partial charge in [-0.05, 0) is 19.3 Å². The number of H-pyrrole nitrogens is 1. The lowest BCUT2D eigenvalue weighted by Gasteiger charge is -2.16. The van der Waals surface area contributed by atoms with Gasteiger partial charge < -0.3 is 15.5 Å². The molecule has 0 aromatic carbocycles. The molecule has 6 nitrogen and oxygen atoms in total. The van der Waals surface area contributed by atoms with E-state index < -0.39 is 0 Å². The van der Waals surface area contributed by atoms with Gasteiger partial charge in [0.1, 0.15) is 5.52 Å². The predicted molar refractivity (Wildman–Crippen MR) is 65.6 cm³/mol. The summed E-state index contributed by atoms with van der Waals surface area (Å²) in [5.74, 6) is 1.22. The van der Waals surface area contributed by atoms with Crippen molar-refractivity contribution in [1.82, 2.24) is 19.9 Å². The summed E-state index contributed by atoms with van der Waals surface area (Å²) in [6.07, 6.45) is 2.59. The van der Waals surface area contributed by atoms with Gasteiger partial charge in [0.25, 0.3) is 0 Å². The van der Waals surface area contributed by atoms with Crippen LogP contribution in [0.15, 0.2) is 6.33 Å². The highest BCUT2D eigenvalue weighted by molar-refractivity contribution is 5.76. The lowest BCUT2D eigenvalue weighted by molar-refractivity contribution is 0.188. The van der Waals surface area contributed by atoms with Crippen LogP contribution in [0.1, 0.15) is 27.2 Å². The summed E-state index contributed by atoms with van der Waals surface area (Å²) in [6, 6.07) is 0. The Morgan fingerprint density at radius 1 is 1.35 bits per heavy atom. The van der Waals surface area contributed by atoms with E-state index in [0.29, 0.717) is 23.0 Å². The molecule has 0 aliphatic rings. The summed E-state index contributed by atoms with van der Waals surface area (Å²) in [5, 5.41) is 0. The van der Waals surface area contributed by atoms with Crippen LogP contribution in [0, 0.1) is 5.92 Å². The van der Waals surface area contributed by atoms with E-state index >= 15 is 0 Å². The largest absolute Gasteiger partial charge is 0.473 e. The normalized spacial score (nSPS) is 13.2. The fraction of sp³-hybridized carbons (Fsp3) is 0.545. The highest BCUT2D eigenvalue weighted by Crippen LogP contribution is 2.22. The second kappa shape index (κ2) is 4.57. The molecule has 92 valence electrons. The molecule has 2 aromatic rings. The molecular weight excluding hydrogens is 218 g/mol. The molecule has 0 fully saturated rings. The number of anilines is 1. The standard InChI is InChI=1S/C11H17N5O/c1-6(2)4-7(3)17-10-8-9(14-5-13-8)15-11(12)16-10/h5-7H,4H2,1-3H3,(H3,12,13,14,15,16). The van der Waals surface area contributed by atoms with Gasteiger partial charge in [-0.3, -0.25) is 0 Å². The fourth-order valence-electron chi connectivity index (χ4n) is 1.81. The minimum absolute atomic E-state index is 0.0794. The Kier molecular flexibility index (Phi) is 3.12. The van der Waals surface area contributed by atoms with E-state index in [1.165, 1.54) is 0 Å². The Hall–Kier alpha value is -1.85. The molecule has 0 saturated heterocycles. The van der Waals surface area contributed by atoms with Crippen molar-refractivity contribution >= 4 is 17.1 Å². The van der Waals surface area contributed by atoms with Gasteiger partial charge in [0, 0.05) is 0 Å². The van der Waals surface area contributed by atoms with E-state index in [1.54, 1.807) is 6.33 Å². The Bertz CT molecular complexity index is 508. The Morgan fingerprint density at radius 3 is 2.82 bits per heavy atom. The number of nitrogens with zero attached hydrogens (tertiary/aromatic N) is 3. The minimum Gasteiger partial charge on any atom is -0.473 e. The van der Waals surface area contributed by atoms with Crippen molar-refractivity contribution < 1.29 is 4.74 Å². The third-order valence-corrected chi connectivity index (χ3v) is 2.39. The summed E-state index contributed by atoms with van der Waals surface area (Å²) < 4.78 is 5.78. The maximum atomic E-state index is 5.78. The lowest BCUT2D eigenvalue weighted by atomic mass is 10.1. The first-order valence-electron chi connectivity index (χ1n) is 5.69. The van der Waals surface area contributed by atoms with E-state index in [-0.39, 0.29) is 12.1 Å². The number of nitrogen functional groups attached to an aromatic ring is 1. The summed E-state index contributed by atoms with van der Waals surface area (Å²) in [6.45, 7) is 6.32. The van der Waals surface area contributed by atoms with Gasteiger partial charge >= 0.3 is 0 Å². The van der Waals surface area contributed by atoms with Crippen LogP contribution in [0.25, 0.3) is 11.2 Å². The molecule has 2 rings (SSSR count). The van der Waals surface area contributed by atoms with Gasteiger partial charge in [0.15, 0.2) is 5.65 Å². The molecular formula is C11H17N5O.